The zero-order valence-electron chi connectivity index (χ0n) is 34.5. The van der Waals surface area contributed by atoms with Crippen molar-refractivity contribution in [3.8, 4) is 11.1 Å². The highest BCUT2D eigenvalue weighted by atomic mass is 16.6. The van der Waals surface area contributed by atoms with Crippen molar-refractivity contribution in [3.63, 3.8) is 0 Å². The van der Waals surface area contributed by atoms with Crippen molar-refractivity contribution in [1.82, 2.24) is 35.1 Å². The lowest BCUT2D eigenvalue weighted by Crippen LogP contribution is -2.51. The number of carbonyl (C=O) groups is 3. The summed E-state index contributed by atoms with van der Waals surface area (Å²) in [5.41, 5.74) is 5.11. The van der Waals surface area contributed by atoms with Crippen LogP contribution in [-0.2, 0) is 19.0 Å². The van der Waals surface area contributed by atoms with E-state index in [0.717, 1.165) is 79.2 Å². The number of hydrogen-bond acceptors (Lipinski definition) is 8. The second kappa shape index (κ2) is 15.2. The number of H-pyrrole nitrogens is 2. The van der Waals surface area contributed by atoms with Crippen molar-refractivity contribution in [2.45, 2.75) is 78.1 Å². The second-order valence-electron chi connectivity index (χ2n) is 17.4. The van der Waals surface area contributed by atoms with Crippen molar-refractivity contribution in [1.29, 1.82) is 0 Å². The molecule has 3 N–H and O–H groups in total. The molecule has 2 saturated heterocycles. The van der Waals surface area contributed by atoms with E-state index >= 15 is 0 Å². The van der Waals surface area contributed by atoms with Gasteiger partial charge in [0.15, 0.2) is 0 Å². The van der Waals surface area contributed by atoms with Crippen molar-refractivity contribution < 1.29 is 28.6 Å². The van der Waals surface area contributed by atoms with Crippen LogP contribution in [0.3, 0.4) is 0 Å². The molecular weight excluding hydrogens is 735 g/mol. The fraction of sp³-hybridized carbons (Fsp3) is 0.444. The number of aromatic nitrogens is 4. The zero-order chi connectivity index (χ0) is 41.0. The molecule has 5 atom stereocenters. The van der Waals surface area contributed by atoms with Crippen LogP contribution in [0.1, 0.15) is 78.1 Å². The number of methoxy groups -OCH3 is 2. The molecule has 0 aliphatic carbocycles. The van der Waals surface area contributed by atoms with Crippen LogP contribution in [0.25, 0.3) is 54.7 Å². The molecule has 2 aliphatic rings. The highest BCUT2D eigenvalue weighted by Crippen LogP contribution is 2.40. The van der Waals surface area contributed by atoms with Gasteiger partial charge in [-0.3, -0.25) is 9.69 Å². The quantitative estimate of drug-likeness (QED) is 0.139. The largest absolute Gasteiger partial charge is 0.453 e. The molecule has 0 spiro atoms. The fourth-order valence-corrected chi connectivity index (χ4v) is 8.82. The first-order valence-corrected chi connectivity index (χ1v) is 20.2. The highest BCUT2D eigenvalue weighted by Gasteiger charge is 2.41. The Hall–Kier alpha value is -5.69. The summed E-state index contributed by atoms with van der Waals surface area (Å²) >= 11 is 0. The Labute approximate surface area is 337 Å². The molecule has 6 aromatic rings. The number of ether oxygens (including phenoxy) is 3. The van der Waals surface area contributed by atoms with Crippen LogP contribution in [0, 0.1) is 17.8 Å². The van der Waals surface area contributed by atoms with Gasteiger partial charge in [0.1, 0.15) is 23.3 Å². The number of hydrogen-bond donors (Lipinski definition) is 3. The van der Waals surface area contributed by atoms with Gasteiger partial charge in [0.05, 0.1) is 47.9 Å². The second-order valence-corrected chi connectivity index (χ2v) is 17.4. The zero-order valence-corrected chi connectivity index (χ0v) is 34.5. The third kappa shape index (κ3) is 7.43. The van der Waals surface area contributed by atoms with Crippen molar-refractivity contribution >= 4 is 61.7 Å². The molecule has 8 rings (SSSR count). The maximum absolute atomic E-state index is 13.9. The van der Waals surface area contributed by atoms with Gasteiger partial charge in [-0.15, -0.1) is 0 Å². The van der Waals surface area contributed by atoms with E-state index in [1.165, 1.54) is 7.11 Å². The van der Waals surface area contributed by atoms with Gasteiger partial charge in [0.2, 0.25) is 5.91 Å². The Kier molecular flexibility index (Phi) is 10.3. The number of nitrogens with zero attached hydrogens (tertiary/aromatic N) is 4. The van der Waals surface area contributed by atoms with Crippen LogP contribution in [0.4, 0.5) is 9.59 Å². The third-order valence-electron chi connectivity index (χ3n) is 11.6. The molecule has 13 nitrogen and oxygen atoms in total. The van der Waals surface area contributed by atoms with Crippen molar-refractivity contribution in [2.24, 2.45) is 17.8 Å². The van der Waals surface area contributed by atoms with Gasteiger partial charge in [0, 0.05) is 36.9 Å². The molecule has 0 saturated carbocycles. The number of carbonyl (C=O) groups excluding carboxylic acids is 3. The number of benzene rings is 4. The van der Waals surface area contributed by atoms with Gasteiger partial charge in [-0.05, 0) is 91.6 Å². The predicted octanol–water partition coefficient (Wildman–Crippen LogP) is 8.65. The first-order valence-electron chi connectivity index (χ1n) is 20.2. The lowest BCUT2D eigenvalue weighted by molar-refractivity contribution is -0.135. The SMILES string of the molecule is COC[C@H]1C[C@@H](c2nc3ccc4cc(-c5ccc6c(ccc7nc([C@@H]8C[C@H](C)CN8C(=O)C(NC(=O)OC)C(C)C)[nH]c76)c5)ccc4c3[nH]2)N(C(=O)OC(C)(C)C)C1. The molecule has 0 radical (unpaired) electrons. The minimum Gasteiger partial charge on any atom is -0.453 e. The average molecular weight is 788 g/mol. The van der Waals surface area contributed by atoms with E-state index < -0.39 is 17.7 Å². The Bertz CT molecular complexity index is 2540. The normalized spacial score (nSPS) is 20.5. The molecule has 0 bridgehead atoms. The first kappa shape index (κ1) is 39.2. The van der Waals surface area contributed by atoms with Crippen LogP contribution in [0.5, 0.6) is 0 Å². The van der Waals surface area contributed by atoms with Crippen LogP contribution in [0.15, 0.2) is 60.7 Å². The number of nitrogens with one attached hydrogen (secondary N) is 3. The van der Waals surface area contributed by atoms with Gasteiger partial charge in [-0.25, -0.2) is 19.6 Å². The van der Waals surface area contributed by atoms with Gasteiger partial charge in [-0.2, -0.15) is 0 Å². The Morgan fingerprint density at radius 3 is 1.90 bits per heavy atom. The van der Waals surface area contributed by atoms with E-state index in [1.807, 2.05) is 51.7 Å². The first-order chi connectivity index (χ1) is 27.7. The Balaban J connectivity index is 1.07. The minimum absolute atomic E-state index is 0.117. The molecule has 3 amide bonds. The number of imidazole rings is 2. The maximum atomic E-state index is 13.9. The third-order valence-corrected chi connectivity index (χ3v) is 11.6. The van der Waals surface area contributed by atoms with Crippen LogP contribution in [-0.4, -0.2) is 93.4 Å². The number of fused-ring (bicyclic) bond motifs is 6. The summed E-state index contributed by atoms with van der Waals surface area (Å²) in [7, 11) is 2.99. The molecule has 2 aliphatic heterocycles. The average Bonchev–Trinajstić information content (AvgIpc) is 4.00. The van der Waals surface area contributed by atoms with E-state index in [9.17, 15) is 14.4 Å². The van der Waals surface area contributed by atoms with Crippen LogP contribution >= 0.6 is 0 Å². The molecule has 4 heterocycles. The topological polar surface area (TPSA) is 155 Å². The fourth-order valence-electron chi connectivity index (χ4n) is 8.82. The predicted molar refractivity (Wildman–Crippen MR) is 224 cm³/mol. The highest BCUT2D eigenvalue weighted by molar-refractivity contribution is 6.07. The molecule has 1 unspecified atom stereocenters. The molecule has 2 aromatic heterocycles. The van der Waals surface area contributed by atoms with E-state index in [4.69, 9.17) is 24.2 Å². The molecule has 58 heavy (non-hydrogen) atoms. The van der Waals surface area contributed by atoms with Gasteiger partial charge in [0.25, 0.3) is 0 Å². The Morgan fingerprint density at radius 1 is 0.810 bits per heavy atom. The summed E-state index contributed by atoms with van der Waals surface area (Å²) in [4.78, 5) is 60.1. The van der Waals surface area contributed by atoms with E-state index in [-0.39, 0.29) is 41.8 Å². The number of alkyl carbamates (subject to hydrolysis) is 1. The number of likely N-dealkylation sites (tertiary alicyclic amines) is 2. The summed E-state index contributed by atoms with van der Waals surface area (Å²) < 4.78 is 16.1. The van der Waals surface area contributed by atoms with Crippen molar-refractivity contribution in [3.05, 3.63) is 72.3 Å². The van der Waals surface area contributed by atoms with Crippen LogP contribution in [0.2, 0.25) is 0 Å². The van der Waals surface area contributed by atoms with E-state index in [2.05, 4.69) is 70.7 Å². The Morgan fingerprint density at radius 2 is 1.38 bits per heavy atom. The summed E-state index contributed by atoms with van der Waals surface area (Å²) in [6.45, 7) is 13.3. The summed E-state index contributed by atoms with van der Waals surface area (Å²) in [6.07, 6.45) is 0.535. The molecule has 4 aromatic carbocycles. The standard InChI is InChI=1S/C45H53N7O6/c1-24(2)37(50-43(54)57-8)42(53)51-21-25(3)17-35(51)40-46-33-15-11-29-19-27(9-13-31(29)38(33)48-40)28-10-14-32-30(20-28)12-16-34-39(32)49-41(47-34)36-18-26(23-56-7)22-52(36)44(55)58-45(4,5)6/h9-16,19-20,24-26,35-37H,17-18,21-23H2,1-8H3,(H,46,48)(H,47,49)(H,50,54)/t25-,26-,35-,36-,37?/m0/s1. The van der Waals surface area contributed by atoms with Crippen LogP contribution < -0.4 is 5.32 Å². The molecule has 2 fully saturated rings. The van der Waals surface area contributed by atoms with Gasteiger partial charge < -0.3 is 34.4 Å². The lowest BCUT2D eigenvalue weighted by atomic mass is 9.98. The summed E-state index contributed by atoms with van der Waals surface area (Å²) in [5.74, 6) is 1.69. The monoisotopic (exact) mass is 787 g/mol. The van der Waals surface area contributed by atoms with Gasteiger partial charge >= 0.3 is 12.2 Å². The number of amides is 3. The summed E-state index contributed by atoms with van der Waals surface area (Å²) in [5, 5.41) is 6.98. The van der Waals surface area contributed by atoms with Gasteiger partial charge in [-0.1, -0.05) is 57.2 Å². The number of aromatic amines is 2. The maximum Gasteiger partial charge on any atom is 0.410 e. The van der Waals surface area contributed by atoms with E-state index in [1.54, 1.807) is 12.0 Å². The molecule has 13 heteroatoms. The van der Waals surface area contributed by atoms with E-state index in [0.29, 0.717) is 19.7 Å². The molecule has 304 valence electrons. The summed E-state index contributed by atoms with van der Waals surface area (Å²) in [6, 6.07) is 20.0. The smallest absolute Gasteiger partial charge is 0.410 e. The van der Waals surface area contributed by atoms with Crippen molar-refractivity contribution in [2.75, 3.05) is 33.9 Å². The molecular formula is C45H53N7O6. The minimum atomic E-state index is -0.704. The number of rotatable bonds is 8. The lowest BCUT2D eigenvalue weighted by Gasteiger charge is -2.30.